The molecule has 6 heteroatoms. The van der Waals surface area contributed by atoms with E-state index < -0.39 is 5.97 Å². The van der Waals surface area contributed by atoms with Crippen LogP contribution in [0.1, 0.15) is 18.4 Å². The lowest BCUT2D eigenvalue weighted by Gasteiger charge is -2.07. The molecule has 0 atom stereocenters. The van der Waals surface area contributed by atoms with Crippen LogP contribution in [0.5, 0.6) is 0 Å². The second kappa shape index (κ2) is 6.76. The highest BCUT2D eigenvalue weighted by atomic mass is 79.9. The van der Waals surface area contributed by atoms with E-state index in [1.165, 1.54) is 0 Å². The number of aliphatic carboxylic acids is 1. The van der Waals surface area contributed by atoms with Crippen LogP contribution < -0.4 is 5.32 Å². The summed E-state index contributed by atoms with van der Waals surface area (Å²) in [6.45, 7) is 0.373. The number of carbonyl (C=O) groups is 2. The molecule has 1 amide bonds. The first-order chi connectivity index (χ1) is 7.99. The van der Waals surface area contributed by atoms with Gasteiger partial charge in [0.1, 0.15) is 0 Å². The van der Waals surface area contributed by atoms with E-state index in [-0.39, 0.29) is 18.7 Å². The van der Waals surface area contributed by atoms with Gasteiger partial charge in [-0.1, -0.05) is 31.9 Å². The van der Waals surface area contributed by atoms with E-state index in [1.807, 2.05) is 18.2 Å². The quantitative estimate of drug-likeness (QED) is 0.844. The number of amides is 1. The number of carbonyl (C=O) groups excluding carboxylic acids is 1. The largest absolute Gasteiger partial charge is 0.481 e. The normalized spacial score (nSPS) is 10.0. The molecule has 0 spiro atoms. The Hall–Kier alpha value is -0.880. The van der Waals surface area contributed by atoms with E-state index in [4.69, 9.17) is 5.11 Å². The zero-order valence-corrected chi connectivity index (χ0v) is 12.0. The highest BCUT2D eigenvalue weighted by Crippen LogP contribution is 2.21. The van der Waals surface area contributed by atoms with Crippen LogP contribution in [-0.2, 0) is 16.1 Å². The van der Waals surface area contributed by atoms with Crippen molar-refractivity contribution < 1.29 is 14.7 Å². The fraction of sp³-hybridized carbons (Fsp3) is 0.273. The number of halogens is 2. The van der Waals surface area contributed by atoms with Gasteiger partial charge in [0.2, 0.25) is 5.91 Å². The van der Waals surface area contributed by atoms with Gasteiger partial charge >= 0.3 is 5.97 Å². The molecule has 0 fully saturated rings. The van der Waals surface area contributed by atoms with Gasteiger partial charge in [0, 0.05) is 21.9 Å². The van der Waals surface area contributed by atoms with Crippen molar-refractivity contribution in [3.05, 3.63) is 32.7 Å². The Bertz CT molecular complexity index is 435. The Labute approximate surface area is 116 Å². The predicted octanol–water partition coefficient (Wildman–Crippen LogP) is 2.69. The number of carboxylic acids is 1. The second-order valence-corrected chi connectivity index (χ2v) is 5.18. The zero-order chi connectivity index (χ0) is 12.8. The lowest BCUT2D eigenvalue weighted by Crippen LogP contribution is -2.23. The Morgan fingerprint density at radius 1 is 1.24 bits per heavy atom. The summed E-state index contributed by atoms with van der Waals surface area (Å²) in [4.78, 5) is 21.6. The highest BCUT2D eigenvalue weighted by Gasteiger charge is 2.06. The highest BCUT2D eigenvalue weighted by molar-refractivity contribution is 9.11. The Kier molecular flexibility index (Phi) is 5.64. The standard InChI is InChI=1S/C11H11Br2NO3/c12-8-1-2-9(13)7(5-8)6-14-10(15)3-4-11(16)17/h1-2,5H,3-4,6H2,(H,14,15)(H,16,17). The van der Waals surface area contributed by atoms with E-state index >= 15 is 0 Å². The summed E-state index contributed by atoms with van der Waals surface area (Å²) < 4.78 is 1.83. The molecule has 1 aromatic carbocycles. The smallest absolute Gasteiger partial charge is 0.303 e. The van der Waals surface area contributed by atoms with Gasteiger partial charge in [-0.25, -0.2) is 0 Å². The topological polar surface area (TPSA) is 66.4 Å². The third-order valence-electron chi connectivity index (χ3n) is 2.05. The summed E-state index contributed by atoms with van der Waals surface area (Å²) in [6.07, 6.45) is -0.146. The van der Waals surface area contributed by atoms with Crippen LogP contribution in [0.25, 0.3) is 0 Å². The lowest BCUT2D eigenvalue weighted by molar-refractivity contribution is -0.138. The van der Waals surface area contributed by atoms with Crippen molar-refractivity contribution in [1.29, 1.82) is 0 Å². The van der Waals surface area contributed by atoms with Crippen LogP contribution in [0.3, 0.4) is 0 Å². The Morgan fingerprint density at radius 2 is 1.94 bits per heavy atom. The first kappa shape index (κ1) is 14.2. The van der Waals surface area contributed by atoms with Crippen LogP contribution in [-0.4, -0.2) is 17.0 Å². The molecule has 0 aliphatic heterocycles. The number of rotatable bonds is 5. The summed E-state index contributed by atoms with van der Waals surface area (Å²) in [5.41, 5.74) is 0.933. The summed E-state index contributed by atoms with van der Waals surface area (Å²) >= 11 is 6.72. The van der Waals surface area contributed by atoms with Crippen molar-refractivity contribution in [2.24, 2.45) is 0 Å². The van der Waals surface area contributed by atoms with Gasteiger partial charge in [0.05, 0.1) is 6.42 Å². The monoisotopic (exact) mass is 363 g/mol. The fourth-order valence-corrected chi connectivity index (χ4v) is 1.98. The molecular weight excluding hydrogens is 354 g/mol. The molecule has 0 radical (unpaired) electrons. The molecule has 1 rings (SSSR count). The molecule has 0 saturated carbocycles. The minimum Gasteiger partial charge on any atom is -0.481 e. The molecule has 0 aromatic heterocycles. The van der Waals surface area contributed by atoms with Gasteiger partial charge < -0.3 is 10.4 Å². The van der Waals surface area contributed by atoms with Crippen LogP contribution in [0.2, 0.25) is 0 Å². The van der Waals surface area contributed by atoms with Crippen LogP contribution in [0.4, 0.5) is 0 Å². The molecule has 0 bridgehead atoms. The van der Waals surface area contributed by atoms with Gasteiger partial charge in [-0.3, -0.25) is 9.59 Å². The molecule has 4 nitrogen and oxygen atoms in total. The Balaban J connectivity index is 2.47. The fourth-order valence-electron chi connectivity index (χ4n) is 1.18. The summed E-state index contributed by atoms with van der Waals surface area (Å²) in [5, 5.41) is 11.1. The minimum absolute atomic E-state index is 0.000948. The predicted molar refractivity (Wildman–Crippen MR) is 70.6 cm³/mol. The van der Waals surface area contributed by atoms with Gasteiger partial charge in [-0.05, 0) is 23.8 Å². The molecular formula is C11H11Br2NO3. The first-order valence-electron chi connectivity index (χ1n) is 4.91. The van der Waals surface area contributed by atoms with Gasteiger partial charge in [0.25, 0.3) is 0 Å². The summed E-state index contributed by atoms with van der Waals surface area (Å²) in [6, 6.07) is 5.66. The molecule has 0 aliphatic carbocycles. The van der Waals surface area contributed by atoms with Crippen molar-refractivity contribution >= 4 is 43.7 Å². The molecule has 0 aliphatic rings. The van der Waals surface area contributed by atoms with Gasteiger partial charge in [-0.2, -0.15) is 0 Å². The first-order valence-corrected chi connectivity index (χ1v) is 6.50. The third-order valence-corrected chi connectivity index (χ3v) is 3.32. The number of benzene rings is 1. The van der Waals surface area contributed by atoms with Crippen LogP contribution in [0, 0.1) is 0 Å². The SMILES string of the molecule is O=C(O)CCC(=O)NCc1cc(Br)ccc1Br. The second-order valence-electron chi connectivity index (χ2n) is 3.41. The van der Waals surface area contributed by atoms with Crippen molar-refractivity contribution in [3.63, 3.8) is 0 Å². The third kappa shape index (κ3) is 5.32. The molecule has 0 heterocycles. The molecule has 1 aromatic rings. The van der Waals surface area contributed by atoms with Gasteiger partial charge in [0.15, 0.2) is 0 Å². The maximum absolute atomic E-state index is 11.3. The average Bonchev–Trinajstić information content (AvgIpc) is 2.27. The molecule has 0 unspecified atom stereocenters. The number of carboxylic acid groups (broad SMARTS) is 1. The van der Waals surface area contributed by atoms with Crippen LogP contribution in [0.15, 0.2) is 27.1 Å². The maximum Gasteiger partial charge on any atom is 0.303 e. The van der Waals surface area contributed by atoms with E-state index in [9.17, 15) is 9.59 Å². The van der Waals surface area contributed by atoms with Crippen molar-refractivity contribution in [2.45, 2.75) is 19.4 Å². The van der Waals surface area contributed by atoms with E-state index in [0.717, 1.165) is 14.5 Å². The number of hydrogen-bond acceptors (Lipinski definition) is 2. The van der Waals surface area contributed by atoms with Crippen molar-refractivity contribution in [2.75, 3.05) is 0 Å². The van der Waals surface area contributed by atoms with Gasteiger partial charge in [-0.15, -0.1) is 0 Å². The maximum atomic E-state index is 11.3. The number of hydrogen-bond donors (Lipinski definition) is 2. The minimum atomic E-state index is -0.969. The average molecular weight is 365 g/mol. The van der Waals surface area contributed by atoms with E-state index in [0.29, 0.717) is 6.54 Å². The molecule has 17 heavy (non-hydrogen) atoms. The Morgan fingerprint density at radius 3 is 2.59 bits per heavy atom. The lowest BCUT2D eigenvalue weighted by atomic mass is 10.2. The van der Waals surface area contributed by atoms with E-state index in [1.54, 1.807) is 0 Å². The number of nitrogens with one attached hydrogen (secondary N) is 1. The van der Waals surface area contributed by atoms with Crippen LogP contribution >= 0.6 is 31.9 Å². The van der Waals surface area contributed by atoms with Crippen molar-refractivity contribution in [1.82, 2.24) is 5.32 Å². The van der Waals surface area contributed by atoms with E-state index in [2.05, 4.69) is 37.2 Å². The molecule has 0 saturated heterocycles. The molecule has 2 N–H and O–H groups in total. The summed E-state index contributed by atoms with van der Waals surface area (Å²) in [5.74, 6) is -1.23. The zero-order valence-electron chi connectivity index (χ0n) is 8.87. The molecule has 92 valence electrons. The van der Waals surface area contributed by atoms with Crippen molar-refractivity contribution in [3.8, 4) is 0 Å². The summed E-state index contributed by atoms with van der Waals surface area (Å²) in [7, 11) is 0.